The van der Waals surface area contributed by atoms with Crippen molar-refractivity contribution in [2.45, 2.75) is 25.3 Å². The van der Waals surface area contributed by atoms with Crippen LogP contribution >= 0.6 is 11.6 Å². The zero-order valence-electron chi connectivity index (χ0n) is 11.8. The molecule has 2 unspecified atom stereocenters. The molecule has 2 aromatic rings. The first-order chi connectivity index (χ1) is 10.1. The lowest BCUT2D eigenvalue weighted by Gasteiger charge is -2.17. The van der Waals surface area contributed by atoms with E-state index in [0.29, 0.717) is 5.02 Å². The summed E-state index contributed by atoms with van der Waals surface area (Å²) in [5.74, 6) is -0.114. The van der Waals surface area contributed by atoms with E-state index in [1.165, 1.54) is 0 Å². The van der Waals surface area contributed by atoms with Crippen LogP contribution in [-0.2, 0) is 4.79 Å². The smallest absolute Gasteiger partial charge is 0.232 e. The van der Waals surface area contributed by atoms with Gasteiger partial charge in [0.1, 0.15) is 0 Å². The van der Waals surface area contributed by atoms with Gasteiger partial charge in [-0.25, -0.2) is 0 Å². The highest BCUT2D eigenvalue weighted by molar-refractivity contribution is 6.31. The molecule has 3 nitrogen and oxygen atoms in total. The number of anilines is 1. The van der Waals surface area contributed by atoms with Crippen LogP contribution in [0.15, 0.2) is 42.5 Å². The minimum absolute atomic E-state index is 0.0243. The van der Waals surface area contributed by atoms with Crippen molar-refractivity contribution >= 4 is 23.2 Å². The number of carbonyl (C=O) groups excluding carboxylic acids is 1. The Morgan fingerprint density at radius 2 is 2.00 bits per heavy atom. The van der Waals surface area contributed by atoms with Crippen molar-refractivity contribution in [3.8, 4) is 0 Å². The SMILES string of the molecule is CCC1C(=O)Nc2c1cc(Cl)cc2C(N)c1ccccc1. The minimum Gasteiger partial charge on any atom is -0.325 e. The van der Waals surface area contributed by atoms with E-state index in [1.54, 1.807) is 0 Å². The average Bonchev–Trinajstić information content (AvgIpc) is 2.81. The second-order valence-electron chi connectivity index (χ2n) is 5.30. The number of nitrogens with one attached hydrogen (secondary N) is 1. The summed E-state index contributed by atoms with van der Waals surface area (Å²) in [6, 6.07) is 13.2. The molecule has 108 valence electrons. The largest absolute Gasteiger partial charge is 0.325 e. The number of halogens is 1. The fourth-order valence-electron chi connectivity index (χ4n) is 2.91. The van der Waals surface area contributed by atoms with E-state index in [4.69, 9.17) is 17.3 Å². The van der Waals surface area contributed by atoms with Gasteiger partial charge in [-0.2, -0.15) is 0 Å². The zero-order valence-corrected chi connectivity index (χ0v) is 12.5. The first-order valence-electron chi connectivity index (χ1n) is 7.06. The fraction of sp³-hybridized carbons (Fsp3) is 0.235. The highest BCUT2D eigenvalue weighted by atomic mass is 35.5. The molecule has 2 atom stereocenters. The summed E-state index contributed by atoms with van der Waals surface area (Å²) in [4.78, 5) is 12.1. The van der Waals surface area contributed by atoms with Crippen molar-refractivity contribution in [3.63, 3.8) is 0 Å². The lowest BCUT2D eigenvalue weighted by atomic mass is 9.92. The quantitative estimate of drug-likeness (QED) is 0.905. The Kier molecular flexibility index (Phi) is 3.70. The average molecular weight is 301 g/mol. The van der Waals surface area contributed by atoms with E-state index < -0.39 is 0 Å². The molecule has 1 aliphatic rings. The highest BCUT2D eigenvalue weighted by Crippen LogP contribution is 2.41. The van der Waals surface area contributed by atoms with Gasteiger partial charge in [-0.1, -0.05) is 48.9 Å². The maximum absolute atomic E-state index is 12.1. The first kappa shape index (κ1) is 14.1. The van der Waals surface area contributed by atoms with Crippen LogP contribution in [-0.4, -0.2) is 5.91 Å². The third kappa shape index (κ3) is 2.43. The molecule has 1 amide bonds. The van der Waals surface area contributed by atoms with Crippen LogP contribution in [0.1, 0.15) is 42.0 Å². The Labute approximate surface area is 129 Å². The number of hydrogen-bond acceptors (Lipinski definition) is 2. The lowest BCUT2D eigenvalue weighted by Crippen LogP contribution is -2.15. The van der Waals surface area contributed by atoms with E-state index in [9.17, 15) is 4.79 Å². The summed E-state index contributed by atoms with van der Waals surface area (Å²) in [7, 11) is 0. The molecule has 0 saturated heterocycles. The molecule has 0 spiro atoms. The van der Waals surface area contributed by atoms with Crippen molar-refractivity contribution in [3.05, 3.63) is 64.2 Å². The third-order valence-corrected chi connectivity index (χ3v) is 4.22. The summed E-state index contributed by atoms with van der Waals surface area (Å²) in [5, 5.41) is 3.58. The van der Waals surface area contributed by atoms with Gasteiger partial charge in [-0.05, 0) is 35.2 Å². The molecule has 0 aliphatic carbocycles. The Morgan fingerprint density at radius 1 is 1.29 bits per heavy atom. The number of benzene rings is 2. The van der Waals surface area contributed by atoms with Crippen LogP contribution in [0.2, 0.25) is 5.02 Å². The van der Waals surface area contributed by atoms with E-state index >= 15 is 0 Å². The standard InChI is InChI=1S/C17H17ClN2O/c1-2-12-13-8-11(18)9-14(16(13)20-17(12)21)15(19)10-6-4-3-5-7-10/h3-9,12,15H,2,19H2,1H3,(H,20,21). The number of fused-ring (bicyclic) bond motifs is 1. The van der Waals surface area contributed by atoms with E-state index in [0.717, 1.165) is 28.8 Å². The molecule has 0 fully saturated rings. The van der Waals surface area contributed by atoms with Gasteiger partial charge in [0, 0.05) is 10.7 Å². The van der Waals surface area contributed by atoms with E-state index in [1.807, 2.05) is 49.4 Å². The first-order valence-corrected chi connectivity index (χ1v) is 7.44. The molecule has 4 heteroatoms. The molecular weight excluding hydrogens is 284 g/mol. The molecule has 3 N–H and O–H groups in total. The maximum Gasteiger partial charge on any atom is 0.232 e. The Hall–Kier alpha value is -1.84. The van der Waals surface area contributed by atoms with Crippen molar-refractivity contribution in [2.24, 2.45) is 5.73 Å². The molecule has 1 heterocycles. The van der Waals surface area contributed by atoms with Crippen LogP contribution in [0.25, 0.3) is 0 Å². The number of rotatable bonds is 3. The van der Waals surface area contributed by atoms with Gasteiger partial charge in [-0.15, -0.1) is 0 Å². The maximum atomic E-state index is 12.1. The monoisotopic (exact) mass is 300 g/mol. The van der Waals surface area contributed by atoms with Gasteiger partial charge in [-0.3, -0.25) is 4.79 Å². The van der Waals surface area contributed by atoms with Crippen LogP contribution in [0, 0.1) is 0 Å². The topological polar surface area (TPSA) is 55.1 Å². The third-order valence-electron chi connectivity index (χ3n) is 4.01. The molecule has 0 bridgehead atoms. The van der Waals surface area contributed by atoms with E-state index in [-0.39, 0.29) is 17.9 Å². The highest BCUT2D eigenvalue weighted by Gasteiger charge is 2.32. The Balaban J connectivity index is 2.11. The normalized spacial score (nSPS) is 18.2. The van der Waals surface area contributed by atoms with Crippen LogP contribution in [0.5, 0.6) is 0 Å². The number of carbonyl (C=O) groups is 1. The Bertz CT molecular complexity index is 685. The molecule has 0 radical (unpaired) electrons. The second kappa shape index (κ2) is 5.51. The van der Waals surface area contributed by atoms with Gasteiger partial charge in [0.25, 0.3) is 0 Å². The molecule has 0 saturated carbocycles. The van der Waals surface area contributed by atoms with Crippen molar-refractivity contribution < 1.29 is 4.79 Å². The summed E-state index contributed by atoms with van der Waals surface area (Å²) in [6.45, 7) is 2.00. The second-order valence-corrected chi connectivity index (χ2v) is 5.73. The van der Waals surface area contributed by atoms with Gasteiger partial charge in [0.15, 0.2) is 0 Å². The predicted octanol–water partition coefficient (Wildman–Crippen LogP) is 3.83. The van der Waals surface area contributed by atoms with Crippen LogP contribution in [0.3, 0.4) is 0 Å². The summed E-state index contributed by atoms with van der Waals surface area (Å²) < 4.78 is 0. The summed E-state index contributed by atoms with van der Waals surface area (Å²) in [5.41, 5.74) is 10.0. The fourth-order valence-corrected chi connectivity index (χ4v) is 3.15. The van der Waals surface area contributed by atoms with Crippen LogP contribution < -0.4 is 11.1 Å². The summed E-state index contributed by atoms with van der Waals surface area (Å²) in [6.07, 6.45) is 0.749. The van der Waals surface area contributed by atoms with Crippen molar-refractivity contribution in [1.82, 2.24) is 0 Å². The van der Waals surface area contributed by atoms with Crippen molar-refractivity contribution in [1.29, 1.82) is 0 Å². The molecule has 21 heavy (non-hydrogen) atoms. The molecule has 1 aliphatic heterocycles. The summed E-state index contributed by atoms with van der Waals surface area (Å²) >= 11 is 6.24. The number of amides is 1. The Morgan fingerprint density at radius 3 is 2.67 bits per heavy atom. The molecular formula is C17H17ClN2O. The number of hydrogen-bond donors (Lipinski definition) is 2. The van der Waals surface area contributed by atoms with Gasteiger partial charge in [0.05, 0.1) is 12.0 Å². The molecule has 0 aromatic heterocycles. The zero-order chi connectivity index (χ0) is 15.0. The van der Waals surface area contributed by atoms with Crippen molar-refractivity contribution in [2.75, 3.05) is 5.32 Å². The minimum atomic E-state index is -0.311. The van der Waals surface area contributed by atoms with E-state index in [2.05, 4.69) is 5.32 Å². The van der Waals surface area contributed by atoms with Gasteiger partial charge < -0.3 is 11.1 Å². The van der Waals surface area contributed by atoms with Crippen LogP contribution in [0.4, 0.5) is 5.69 Å². The molecule has 3 rings (SSSR count). The van der Waals surface area contributed by atoms with Gasteiger partial charge in [0.2, 0.25) is 5.91 Å². The predicted molar refractivity (Wildman–Crippen MR) is 85.6 cm³/mol. The van der Waals surface area contributed by atoms with Gasteiger partial charge >= 0.3 is 0 Å². The molecule has 2 aromatic carbocycles. The lowest BCUT2D eigenvalue weighted by molar-refractivity contribution is -0.117. The number of nitrogens with two attached hydrogens (primary N) is 1.